The first-order valence-corrected chi connectivity index (χ1v) is 12.3. The number of hydrogen-bond donors (Lipinski definition) is 1. The predicted octanol–water partition coefficient (Wildman–Crippen LogP) is 4.28. The third kappa shape index (κ3) is 4.87. The van der Waals surface area contributed by atoms with Gasteiger partial charge < -0.3 is 24.0 Å². The van der Waals surface area contributed by atoms with E-state index in [1.807, 2.05) is 35.9 Å². The van der Waals surface area contributed by atoms with Gasteiger partial charge in [0.25, 0.3) is 11.7 Å². The number of imidazole rings is 1. The highest BCUT2D eigenvalue weighted by Crippen LogP contribution is 2.41. The van der Waals surface area contributed by atoms with E-state index in [1.54, 1.807) is 47.8 Å². The van der Waals surface area contributed by atoms with Crippen LogP contribution in [0.1, 0.15) is 36.1 Å². The summed E-state index contributed by atoms with van der Waals surface area (Å²) in [6.45, 7) is 7.00. The van der Waals surface area contributed by atoms with Crippen molar-refractivity contribution in [2.45, 2.75) is 38.5 Å². The second-order valence-corrected chi connectivity index (χ2v) is 9.27. The SMILES string of the molecule is C=CCOc1ccc([C@H]2C(=C(O)c3ccc4c(c3)C[C@@H](C)O4)C(=O)C(=O)N2CCCn2ccnc2)cc1. The molecule has 1 N–H and O–H groups in total. The molecule has 2 aliphatic rings. The minimum absolute atomic E-state index is 0.0512. The van der Waals surface area contributed by atoms with Gasteiger partial charge in [0.15, 0.2) is 0 Å². The number of ketones is 1. The van der Waals surface area contributed by atoms with Gasteiger partial charge in [0.05, 0.1) is 17.9 Å². The molecule has 3 heterocycles. The molecule has 0 bridgehead atoms. The van der Waals surface area contributed by atoms with Gasteiger partial charge in [0, 0.05) is 37.5 Å². The van der Waals surface area contributed by atoms with Crippen molar-refractivity contribution in [1.29, 1.82) is 0 Å². The summed E-state index contributed by atoms with van der Waals surface area (Å²) in [5, 5.41) is 11.4. The summed E-state index contributed by atoms with van der Waals surface area (Å²) in [7, 11) is 0. The Morgan fingerprint density at radius 3 is 2.76 bits per heavy atom. The number of aryl methyl sites for hydroxylation is 1. The first-order valence-electron chi connectivity index (χ1n) is 12.3. The highest BCUT2D eigenvalue weighted by atomic mass is 16.5. The fourth-order valence-electron chi connectivity index (χ4n) is 4.93. The van der Waals surface area contributed by atoms with E-state index in [-0.39, 0.29) is 17.4 Å². The molecule has 190 valence electrons. The van der Waals surface area contributed by atoms with Crippen LogP contribution in [0.2, 0.25) is 0 Å². The minimum Gasteiger partial charge on any atom is -0.507 e. The molecule has 0 unspecified atom stereocenters. The van der Waals surface area contributed by atoms with E-state index in [1.165, 1.54) is 0 Å². The summed E-state index contributed by atoms with van der Waals surface area (Å²) >= 11 is 0. The number of Topliss-reactive ketones (excluding diaryl/α,β-unsaturated/α-hetero) is 1. The molecule has 5 rings (SSSR count). The van der Waals surface area contributed by atoms with E-state index in [0.29, 0.717) is 49.4 Å². The van der Waals surface area contributed by atoms with E-state index in [0.717, 1.165) is 11.3 Å². The van der Waals surface area contributed by atoms with Crippen LogP contribution in [-0.4, -0.2) is 50.5 Å². The van der Waals surface area contributed by atoms with Gasteiger partial charge in [0.2, 0.25) is 0 Å². The fraction of sp³-hybridized carbons (Fsp3) is 0.276. The zero-order chi connectivity index (χ0) is 25.9. The van der Waals surface area contributed by atoms with Gasteiger partial charge in [-0.3, -0.25) is 9.59 Å². The van der Waals surface area contributed by atoms with Crippen LogP contribution in [0.4, 0.5) is 0 Å². The van der Waals surface area contributed by atoms with Crippen molar-refractivity contribution in [3.05, 3.63) is 96.1 Å². The number of likely N-dealkylation sites (tertiary alicyclic amines) is 1. The third-order valence-electron chi connectivity index (χ3n) is 6.65. The lowest BCUT2D eigenvalue weighted by atomic mass is 9.94. The molecule has 8 heteroatoms. The Hall–Kier alpha value is -4.33. The maximum atomic E-state index is 13.3. The molecule has 2 aromatic carbocycles. The third-order valence-corrected chi connectivity index (χ3v) is 6.65. The molecule has 0 aliphatic carbocycles. The number of amides is 1. The van der Waals surface area contributed by atoms with Gasteiger partial charge in [-0.05, 0) is 54.8 Å². The number of rotatable bonds is 9. The maximum absolute atomic E-state index is 13.3. The molecular formula is C29H29N3O5. The number of benzene rings is 2. The Morgan fingerprint density at radius 2 is 2.03 bits per heavy atom. The van der Waals surface area contributed by atoms with Crippen LogP contribution in [0.15, 0.2) is 79.4 Å². The summed E-state index contributed by atoms with van der Waals surface area (Å²) in [6, 6.07) is 11.9. The topological polar surface area (TPSA) is 93.9 Å². The van der Waals surface area contributed by atoms with E-state index in [4.69, 9.17) is 9.47 Å². The maximum Gasteiger partial charge on any atom is 0.295 e. The Bertz CT molecular complexity index is 1340. The highest BCUT2D eigenvalue weighted by molar-refractivity contribution is 6.46. The van der Waals surface area contributed by atoms with Gasteiger partial charge in [-0.25, -0.2) is 4.98 Å². The molecule has 0 saturated carbocycles. The molecule has 37 heavy (non-hydrogen) atoms. The monoisotopic (exact) mass is 499 g/mol. The van der Waals surface area contributed by atoms with Crippen LogP contribution < -0.4 is 9.47 Å². The summed E-state index contributed by atoms with van der Waals surface area (Å²) in [5.41, 5.74) is 2.25. The smallest absolute Gasteiger partial charge is 0.295 e. The Morgan fingerprint density at radius 1 is 1.22 bits per heavy atom. The summed E-state index contributed by atoms with van der Waals surface area (Å²) in [6.07, 6.45) is 8.31. The van der Waals surface area contributed by atoms with Gasteiger partial charge >= 0.3 is 0 Å². The number of carbonyl (C=O) groups is 2. The van der Waals surface area contributed by atoms with Crippen molar-refractivity contribution < 1.29 is 24.2 Å². The number of aliphatic hydroxyl groups is 1. The van der Waals surface area contributed by atoms with Crippen LogP contribution in [0.25, 0.3) is 5.76 Å². The number of nitrogens with zero attached hydrogens (tertiary/aromatic N) is 3. The molecule has 8 nitrogen and oxygen atoms in total. The zero-order valence-corrected chi connectivity index (χ0v) is 20.7. The van der Waals surface area contributed by atoms with Gasteiger partial charge in [0.1, 0.15) is 30.0 Å². The molecule has 2 atom stereocenters. The number of ether oxygens (including phenoxy) is 2. The van der Waals surface area contributed by atoms with E-state index >= 15 is 0 Å². The number of aromatic nitrogens is 2. The Labute approximate surface area is 215 Å². The molecule has 1 saturated heterocycles. The average molecular weight is 500 g/mol. The van der Waals surface area contributed by atoms with Crippen LogP contribution in [-0.2, 0) is 22.6 Å². The first kappa shape index (κ1) is 24.4. The van der Waals surface area contributed by atoms with Crippen LogP contribution in [0.5, 0.6) is 11.5 Å². The normalized spacial score (nSPS) is 20.1. The molecular weight excluding hydrogens is 470 g/mol. The van der Waals surface area contributed by atoms with Crippen LogP contribution in [0.3, 0.4) is 0 Å². The van der Waals surface area contributed by atoms with Crippen molar-refractivity contribution in [1.82, 2.24) is 14.5 Å². The predicted molar refractivity (Wildman–Crippen MR) is 138 cm³/mol. The van der Waals surface area contributed by atoms with E-state index < -0.39 is 17.7 Å². The number of hydrogen-bond acceptors (Lipinski definition) is 6. The molecule has 0 radical (unpaired) electrons. The first-order chi connectivity index (χ1) is 18.0. The van der Waals surface area contributed by atoms with Crippen LogP contribution >= 0.6 is 0 Å². The lowest BCUT2D eigenvalue weighted by Gasteiger charge is -2.25. The molecule has 2 aliphatic heterocycles. The minimum atomic E-state index is -0.723. The molecule has 1 fully saturated rings. The zero-order valence-electron chi connectivity index (χ0n) is 20.7. The number of aliphatic hydroxyl groups excluding tert-OH is 1. The van der Waals surface area contributed by atoms with Crippen molar-refractivity contribution >= 4 is 17.4 Å². The second-order valence-electron chi connectivity index (χ2n) is 9.27. The van der Waals surface area contributed by atoms with Gasteiger partial charge in [-0.2, -0.15) is 0 Å². The van der Waals surface area contributed by atoms with Gasteiger partial charge in [-0.15, -0.1) is 0 Å². The number of carbonyl (C=O) groups excluding carboxylic acids is 2. The van der Waals surface area contributed by atoms with Crippen molar-refractivity contribution in [2.24, 2.45) is 0 Å². The Kier molecular flexibility index (Phi) is 6.81. The highest BCUT2D eigenvalue weighted by Gasteiger charge is 2.45. The van der Waals surface area contributed by atoms with E-state index in [2.05, 4.69) is 11.6 Å². The van der Waals surface area contributed by atoms with Crippen molar-refractivity contribution in [3.8, 4) is 11.5 Å². The molecule has 1 amide bonds. The number of fused-ring (bicyclic) bond motifs is 1. The largest absolute Gasteiger partial charge is 0.507 e. The summed E-state index contributed by atoms with van der Waals surface area (Å²) in [5.74, 6) is -0.0802. The lowest BCUT2D eigenvalue weighted by Crippen LogP contribution is -2.31. The Balaban J connectivity index is 1.51. The summed E-state index contributed by atoms with van der Waals surface area (Å²) < 4.78 is 13.3. The van der Waals surface area contributed by atoms with Crippen molar-refractivity contribution in [2.75, 3.05) is 13.2 Å². The molecule has 0 spiro atoms. The molecule has 1 aromatic heterocycles. The fourth-order valence-corrected chi connectivity index (χ4v) is 4.93. The quantitative estimate of drug-likeness (QED) is 0.204. The standard InChI is InChI=1S/C29H29N3O5/c1-3-15-36-23-8-5-20(6-9-23)26-25(27(33)21-7-10-24-22(17-21)16-19(2)37-24)28(34)29(35)32(26)13-4-12-31-14-11-30-18-31/h3,5-11,14,17-19,26,33H,1,4,12-13,15-16H2,2H3/t19-,26+/m1/s1. The van der Waals surface area contributed by atoms with E-state index in [9.17, 15) is 14.7 Å². The summed E-state index contributed by atoms with van der Waals surface area (Å²) in [4.78, 5) is 32.1. The van der Waals surface area contributed by atoms with Crippen molar-refractivity contribution in [3.63, 3.8) is 0 Å². The average Bonchev–Trinajstić information content (AvgIpc) is 3.61. The second kappa shape index (κ2) is 10.3. The lowest BCUT2D eigenvalue weighted by molar-refractivity contribution is -0.139. The van der Waals surface area contributed by atoms with Gasteiger partial charge in [-0.1, -0.05) is 24.8 Å². The van der Waals surface area contributed by atoms with Crippen LogP contribution in [0, 0.1) is 0 Å². The molecule has 3 aromatic rings.